The molecule has 1 aromatic carbocycles. The molecular formula is C18H22ClN4O3S+. The number of para-hydroxylation sites is 1. The zero-order valence-corrected chi connectivity index (χ0v) is 16.4. The van der Waals surface area contributed by atoms with Gasteiger partial charge in [-0.2, -0.15) is 9.78 Å². The van der Waals surface area contributed by atoms with Gasteiger partial charge in [-0.15, -0.1) is 0 Å². The molecule has 2 aromatic rings. The van der Waals surface area contributed by atoms with E-state index >= 15 is 0 Å². The molecule has 9 heteroatoms. The first kappa shape index (κ1) is 18.5. The Labute approximate surface area is 163 Å². The van der Waals surface area contributed by atoms with Crippen molar-refractivity contribution in [1.29, 1.82) is 0 Å². The van der Waals surface area contributed by atoms with Crippen molar-refractivity contribution in [2.75, 3.05) is 42.6 Å². The molecule has 0 spiro atoms. The Balaban J connectivity index is 1.49. The summed E-state index contributed by atoms with van der Waals surface area (Å²) in [7, 11) is -2.86. The summed E-state index contributed by atoms with van der Waals surface area (Å²) < 4.78 is 24.7. The van der Waals surface area contributed by atoms with E-state index in [4.69, 9.17) is 11.6 Å². The van der Waals surface area contributed by atoms with Crippen LogP contribution in [0.15, 0.2) is 41.3 Å². The lowest BCUT2D eigenvalue weighted by Gasteiger charge is -2.36. The van der Waals surface area contributed by atoms with E-state index in [1.165, 1.54) is 9.58 Å². The molecule has 4 rings (SSSR count). The van der Waals surface area contributed by atoms with Gasteiger partial charge in [0.25, 0.3) is 5.56 Å². The van der Waals surface area contributed by atoms with Crippen LogP contribution in [0.2, 0.25) is 5.02 Å². The van der Waals surface area contributed by atoms with Crippen LogP contribution < -0.4 is 15.4 Å². The van der Waals surface area contributed by atoms with Crippen molar-refractivity contribution in [1.82, 2.24) is 9.78 Å². The van der Waals surface area contributed by atoms with Gasteiger partial charge in [0.1, 0.15) is 16.8 Å². The minimum atomic E-state index is -2.86. The first-order valence-electron chi connectivity index (χ1n) is 9.08. The zero-order chi connectivity index (χ0) is 19.0. The van der Waals surface area contributed by atoms with Crippen LogP contribution in [0.5, 0.6) is 0 Å². The molecule has 0 aliphatic carbocycles. The van der Waals surface area contributed by atoms with Crippen LogP contribution in [0.25, 0.3) is 5.69 Å². The highest BCUT2D eigenvalue weighted by Crippen LogP contribution is 2.22. The molecule has 2 aliphatic heterocycles. The topological polar surface area (TPSA) is 76.7 Å². The summed E-state index contributed by atoms with van der Waals surface area (Å²) in [5.41, 5.74) is 0.983. The highest BCUT2D eigenvalue weighted by Gasteiger charge is 2.37. The van der Waals surface area contributed by atoms with Crippen LogP contribution >= 0.6 is 11.6 Å². The van der Waals surface area contributed by atoms with Gasteiger partial charge >= 0.3 is 0 Å². The van der Waals surface area contributed by atoms with E-state index in [1.807, 2.05) is 30.3 Å². The lowest BCUT2D eigenvalue weighted by molar-refractivity contribution is -0.922. The zero-order valence-electron chi connectivity index (χ0n) is 14.8. The minimum Gasteiger partial charge on any atom is -0.358 e. The third-order valence-corrected chi connectivity index (χ3v) is 7.58. The van der Waals surface area contributed by atoms with Gasteiger partial charge in [0, 0.05) is 6.42 Å². The lowest BCUT2D eigenvalue weighted by atomic mass is 10.2. The van der Waals surface area contributed by atoms with Gasteiger partial charge in [-0.25, -0.2) is 8.42 Å². The molecule has 0 amide bonds. The molecule has 2 aliphatic rings. The SMILES string of the molecule is O=c1c(Cl)c(N2CC[NH+]([C@H]3CCS(=O)(=O)C3)CC2)cnn1-c1ccccc1. The molecule has 2 saturated heterocycles. The molecule has 1 atom stereocenters. The summed E-state index contributed by atoms with van der Waals surface area (Å²) in [6, 6.07) is 9.37. The highest BCUT2D eigenvalue weighted by molar-refractivity contribution is 7.91. The normalized spacial score (nSPS) is 22.9. The van der Waals surface area contributed by atoms with Crippen molar-refractivity contribution in [3.05, 3.63) is 51.9 Å². The summed E-state index contributed by atoms with van der Waals surface area (Å²) in [4.78, 5) is 16.0. The second-order valence-electron chi connectivity index (χ2n) is 7.14. The summed E-state index contributed by atoms with van der Waals surface area (Å²) in [6.07, 6.45) is 2.38. The fraction of sp³-hybridized carbons (Fsp3) is 0.444. The Kier molecular flexibility index (Phi) is 4.96. The molecule has 1 aromatic heterocycles. The van der Waals surface area contributed by atoms with Crippen LogP contribution in [0, 0.1) is 0 Å². The minimum absolute atomic E-state index is 0.167. The van der Waals surface area contributed by atoms with E-state index in [2.05, 4.69) is 10.00 Å². The number of nitrogens with one attached hydrogen (secondary N) is 1. The molecule has 3 heterocycles. The summed E-state index contributed by atoms with van der Waals surface area (Å²) in [6.45, 7) is 3.11. The molecule has 2 fully saturated rings. The average Bonchev–Trinajstić information content (AvgIpc) is 3.05. The Morgan fingerprint density at radius 3 is 2.48 bits per heavy atom. The van der Waals surface area contributed by atoms with Crippen LogP contribution in [-0.2, 0) is 9.84 Å². The van der Waals surface area contributed by atoms with Crippen LogP contribution in [0.4, 0.5) is 5.69 Å². The first-order chi connectivity index (χ1) is 12.9. The van der Waals surface area contributed by atoms with Crippen molar-refractivity contribution >= 4 is 27.1 Å². The fourth-order valence-corrected chi connectivity index (χ4v) is 6.03. The summed E-state index contributed by atoms with van der Waals surface area (Å²) in [5, 5.41) is 4.46. The van der Waals surface area contributed by atoms with Gasteiger partial charge in [0.2, 0.25) is 0 Å². The molecule has 0 unspecified atom stereocenters. The Hall–Kier alpha value is -1.90. The molecular weight excluding hydrogens is 388 g/mol. The van der Waals surface area contributed by atoms with Gasteiger partial charge < -0.3 is 9.80 Å². The number of sulfone groups is 1. The first-order valence-corrected chi connectivity index (χ1v) is 11.3. The number of hydrogen-bond donors (Lipinski definition) is 1. The molecule has 0 radical (unpaired) electrons. The number of nitrogens with zero attached hydrogens (tertiary/aromatic N) is 3. The number of piperazine rings is 1. The molecule has 0 saturated carbocycles. The Bertz CT molecular complexity index is 985. The van der Waals surface area contributed by atoms with Gasteiger partial charge in [0.15, 0.2) is 9.84 Å². The Morgan fingerprint density at radius 1 is 1.15 bits per heavy atom. The fourth-order valence-electron chi connectivity index (χ4n) is 3.96. The third-order valence-electron chi connectivity index (χ3n) is 5.46. The number of rotatable bonds is 3. The van der Waals surface area contributed by atoms with Crippen molar-refractivity contribution in [2.24, 2.45) is 0 Å². The Morgan fingerprint density at radius 2 is 1.85 bits per heavy atom. The maximum Gasteiger partial charge on any atom is 0.292 e. The van der Waals surface area contributed by atoms with Gasteiger partial charge in [0.05, 0.1) is 49.5 Å². The standard InChI is InChI=1S/C18H21ClN4O3S/c19-17-16(12-20-23(18(17)24)14-4-2-1-3-5-14)22-9-7-21(8-10-22)15-6-11-27(25,26)13-15/h1-5,12,15H,6-11,13H2/p+1/t15-/m0/s1. The van der Waals surface area contributed by atoms with E-state index in [0.29, 0.717) is 17.1 Å². The summed E-state index contributed by atoms with van der Waals surface area (Å²) in [5.74, 6) is 0.593. The second kappa shape index (κ2) is 7.26. The van der Waals surface area contributed by atoms with E-state index in [-0.39, 0.29) is 22.4 Å². The van der Waals surface area contributed by atoms with E-state index in [1.54, 1.807) is 6.20 Å². The molecule has 1 N–H and O–H groups in total. The monoisotopic (exact) mass is 409 g/mol. The van der Waals surface area contributed by atoms with Crippen LogP contribution in [-0.4, -0.2) is 61.9 Å². The van der Waals surface area contributed by atoms with Gasteiger partial charge in [-0.3, -0.25) is 4.79 Å². The number of hydrogen-bond acceptors (Lipinski definition) is 5. The third kappa shape index (κ3) is 3.74. The molecule has 27 heavy (non-hydrogen) atoms. The number of aromatic nitrogens is 2. The number of anilines is 1. The maximum absolute atomic E-state index is 12.6. The average molecular weight is 410 g/mol. The molecule has 0 bridgehead atoms. The molecule has 144 valence electrons. The maximum atomic E-state index is 12.6. The smallest absolute Gasteiger partial charge is 0.292 e. The number of halogens is 1. The highest BCUT2D eigenvalue weighted by atomic mass is 35.5. The van der Waals surface area contributed by atoms with Crippen molar-refractivity contribution in [3.8, 4) is 5.69 Å². The second-order valence-corrected chi connectivity index (χ2v) is 9.75. The van der Waals surface area contributed by atoms with E-state index < -0.39 is 9.84 Å². The van der Waals surface area contributed by atoms with E-state index in [0.717, 1.165) is 32.6 Å². The lowest BCUT2D eigenvalue weighted by Crippen LogP contribution is -3.18. The van der Waals surface area contributed by atoms with Crippen molar-refractivity contribution in [2.45, 2.75) is 12.5 Å². The predicted octanol–water partition coefficient (Wildman–Crippen LogP) is -0.222. The largest absolute Gasteiger partial charge is 0.358 e. The van der Waals surface area contributed by atoms with Crippen LogP contribution in [0.3, 0.4) is 0 Å². The van der Waals surface area contributed by atoms with E-state index in [9.17, 15) is 13.2 Å². The number of quaternary nitrogens is 1. The van der Waals surface area contributed by atoms with Gasteiger partial charge in [-0.1, -0.05) is 29.8 Å². The van der Waals surface area contributed by atoms with Crippen LogP contribution in [0.1, 0.15) is 6.42 Å². The van der Waals surface area contributed by atoms with Gasteiger partial charge in [-0.05, 0) is 12.1 Å². The summed E-state index contributed by atoms with van der Waals surface area (Å²) >= 11 is 6.38. The number of benzene rings is 1. The quantitative estimate of drug-likeness (QED) is 0.758. The molecule has 7 nitrogen and oxygen atoms in total. The van der Waals surface area contributed by atoms with Crippen molar-refractivity contribution in [3.63, 3.8) is 0 Å². The predicted molar refractivity (Wildman–Crippen MR) is 105 cm³/mol. The van der Waals surface area contributed by atoms with Crippen molar-refractivity contribution < 1.29 is 13.3 Å².